The smallest absolute Gasteiger partial charge is 0.344 e. The van der Waals surface area contributed by atoms with Gasteiger partial charge in [-0.15, -0.1) is 0 Å². The molecule has 28 heavy (non-hydrogen) atoms. The highest BCUT2D eigenvalue weighted by molar-refractivity contribution is 6.10. The summed E-state index contributed by atoms with van der Waals surface area (Å²) in [4.78, 5) is 25.5. The molecule has 6 heteroatoms. The van der Waals surface area contributed by atoms with Gasteiger partial charge in [0.05, 0.1) is 13.2 Å². The lowest BCUT2D eigenvalue weighted by atomic mass is 9.95. The first kappa shape index (κ1) is 20.0. The van der Waals surface area contributed by atoms with Gasteiger partial charge in [0.15, 0.2) is 5.76 Å². The number of hydrogen-bond acceptors (Lipinski definition) is 6. The van der Waals surface area contributed by atoms with Gasteiger partial charge in [0.25, 0.3) is 0 Å². The summed E-state index contributed by atoms with van der Waals surface area (Å²) < 4.78 is 16.5. The standard InChI is InChI=1S/C22H27NO5/c1-3-26-21(24)17-18(22(25)27-4-2)20(23-16-13-9-6-10-14-16)28-19(17)15-11-7-5-8-12-15/h5,7-8,11-12,16,23H,3-4,6,9-10,13-14H2,1-2H3. The molecule has 0 amide bonds. The molecule has 1 heterocycles. The maximum absolute atomic E-state index is 12.8. The second-order valence-electron chi connectivity index (χ2n) is 6.80. The molecule has 1 aromatic carbocycles. The van der Waals surface area contributed by atoms with Crippen LogP contribution >= 0.6 is 0 Å². The fourth-order valence-corrected chi connectivity index (χ4v) is 3.55. The normalized spacial score (nSPS) is 14.5. The van der Waals surface area contributed by atoms with Gasteiger partial charge in [-0.2, -0.15) is 0 Å². The quantitative estimate of drug-likeness (QED) is 0.673. The fourth-order valence-electron chi connectivity index (χ4n) is 3.55. The van der Waals surface area contributed by atoms with Crippen molar-refractivity contribution in [3.63, 3.8) is 0 Å². The molecule has 0 radical (unpaired) electrons. The monoisotopic (exact) mass is 385 g/mol. The van der Waals surface area contributed by atoms with Crippen molar-refractivity contribution >= 4 is 17.8 Å². The molecule has 1 saturated carbocycles. The second-order valence-corrected chi connectivity index (χ2v) is 6.80. The Morgan fingerprint density at radius 2 is 1.57 bits per heavy atom. The van der Waals surface area contributed by atoms with E-state index in [9.17, 15) is 9.59 Å². The summed E-state index contributed by atoms with van der Waals surface area (Å²) in [6, 6.07) is 9.45. The van der Waals surface area contributed by atoms with E-state index in [1.165, 1.54) is 6.42 Å². The Kier molecular flexibility index (Phi) is 6.74. The van der Waals surface area contributed by atoms with Crippen LogP contribution in [0.1, 0.15) is 66.7 Å². The molecule has 1 aliphatic carbocycles. The van der Waals surface area contributed by atoms with Crippen molar-refractivity contribution in [2.45, 2.75) is 52.0 Å². The van der Waals surface area contributed by atoms with E-state index < -0.39 is 11.9 Å². The topological polar surface area (TPSA) is 77.8 Å². The Balaban J connectivity index is 2.11. The molecule has 1 aliphatic rings. The second kappa shape index (κ2) is 9.44. The number of carbonyl (C=O) groups excluding carboxylic acids is 2. The van der Waals surface area contributed by atoms with E-state index in [2.05, 4.69) is 5.32 Å². The fraction of sp³-hybridized carbons (Fsp3) is 0.455. The van der Waals surface area contributed by atoms with Gasteiger partial charge in [0, 0.05) is 11.6 Å². The van der Waals surface area contributed by atoms with E-state index in [0.717, 1.165) is 25.7 Å². The molecule has 0 atom stereocenters. The van der Waals surface area contributed by atoms with E-state index in [1.54, 1.807) is 13.8 Å². The SMILES string of the molecule is CCOC(=O)c1c(NC2CCCCC2)oc(-c2ccccc2)c1C(=O)OCC. The van der Waals surface area contributed by atoms with Crippen molar-refractivity contribution in [2.24, 2.45) is 0 Å². The van der Waals surface area contributed by atoms with Gasteiger partial charge < -0.3 is 19.2 Å². The third kappa shape index (κ3) is 4.38. The molecule has 1 N–H and O–H groups in total. The molecule has 0 spiro atoms. The maximum atomic E-state index is 12.8. The van der Waals surface area contributed by atoms with Gasteiger partial charge in [0.2, 0.25) is 5.88 Å². The molecule has 0 aliphatic heterocycles. The van der Waals surface area contributed by atoms with Crippen LogP contribution in [0.4, 0.5) is 5.88 Å². The van der Waals surface area contributed by atoms with Crippen LogP contribution < -0.4 is 5.32 Å². The first-order valence-electron chi connectivity index (χ1n) is 9.98. The summed E-state index contributed by atoms with van der Waals surface area (Å²) in [5.74, 6) is -0.577. The lowest BCUT2D eigenvalue weighted by molar-refractivity contribution is 0.0481. The van der Waals surface area contributed by atoms with Crippen molar-refractivity contribution in [1.82, 2.24) is 0 Å². The summed E-state index contributed by atoms with van der Waals surface area (Å²) in [6.45, 7) is 3.86. The number of ether oxygens (including phenoxy) is 2. The highest BCUT2D eigenvalue weighted by Gasteiger charge is 2.33. The number of furan rings is 1. The molecule has 2 aromatic rings. The largest absolute Gasteiger partial charge is 0.462 e. The molecular formula is C22H27NO5. The number of nitrogens with one attached hydrogen (secondary N) is 1. The Morgan fingerprint density at radius 3 is 2.18 bits per heavy atom. The van der Waals surface area contributed by atoms with E-state index in [1.807, 2.05) is 30.3 Å². The minimum atomic E-state index is -0.593. The number of anilines is 1. The van der Waals surface area contributed by atoms with Crippen molar-refractivity contribution in [3.05, 3.63) is 41.5 Å². The zero-order chi connectivity index (χ0) is 19.9. The van der Waals surface area contributed by atoms with Crippen LogP contribution in [0.2, 0.25) is 0 Å². The average molecular weight is 385 g/mol. The first-order chi connectivity index (χ1) is 13.7. The summed E-state index contributed by atoms with van der Waals surface area (Å²) in [5.41, 5.74) is 0.933. The molecule has 0 unspecified atom stereocenters. The van der Waals surface area contributed by atoms with E-state index >= 15 is 0 Å². The zero-order valence-corrected chi connectivity index (χ0v) is 16.5. The molecule has 150 valence electrons. The predicted octanol–water partition coefficient (Wildman–Crippen LogP) is 5.04. The van der Waals surface area contributed by atoms with Gasteiger partial charge in [-0.05, 0) is 26.7 Å². The predicted molar refractivity (Wildman–Crippen MR) is 107 cm³/mol. The van der Waals surface area contributed by atoms with Gasteiger partial charge in [-0.25, -0.2) is 9.59 Å². The lowest BCUT2D eigenvalue weighted by Crippen LogP contribution is -2.23. The van der Waals surface area contributed by atoms with E-state index in [0.29, 0.717) is 11.3 Å². The Labute approximate surface area is 165 Å². The van der Waals surface area contributed by atoms with Gasteiger partial charge in [0.1, 0.15) is 11.1 Å². The highest BCUT2D eigenvalue weighted by atomic mass is 16.5. The number of esters is 2. The van der Waals surface area contributed by atoms with Crippen LogP contribution in [0.15, 0.2) is 34.7 Å². The van der Waals surface area contributed by atoms with Crippen LogP contribution in [0.5, 0.6) is 0 Å². The molecule has 1 aromatic heterocycles. The highest BCUT2D eigenvalue weighted by Crippen LogP contribution is 2.37. The Hall–Kier alpha value is -2.76. The third-order valence-electron chi connectivity index (χ3n) is 4.84. The number of hydrogen-bond donors (Lipinski definition) is 1. The van der Waals surface area contributed by atoms with E-state index in [4.69, 9.17) is 13.9 Å². The van der Waals surface area contributed by atoms with Gasteiger partial charge in [-0.3, -0.25) is 0 Å². The number of carbonyl (C=O) groups is 2. The van der Waals surface area contributed by atoms with Crippen molar-refractivity contribution in [2.75, 3.05) is 18.5 Å². The van der Waals surface area contributed by atoms with Gasteiger partial charge >= 0.3 is 11.9 Å². The average Bonchev–Trinajstić information content (AvgIpc) is 3.09. The van der Waals surface area contributed by atoms with Crippen LogP contribution in [-0.2, 0) is 9.47 Å². The maximum Gasteiger partial charge on any atom is 0.344 e. The molecule has 0 bridgehead atoms. The molecule has 6 nitrogen and oxygen atoms in total. The summed E-state index contributed by atoms with van der Waals surface area (Å²) in [5, 5.41) is 3.34. The number of rotatable bonds is 7. The molecular weight excluding hydrogens is 358 g/mol. The van der Waals surface area contributed by atoms with E-state index in [-0.39, 0.29) is 36.3 Å². The van der Waals surface area contributed by atoms with Crippen LogP contribution in [0.3, 0.4) is 0 Å². The molecule has 1 fully saturated rings. The van der Waals surface area contributed by atoms with Crippen LogP contribution in [-0.4, -0.2) is 31.2 Å². The summed E-state index contributed by atoms with van der Waals surface area (Å²) in [6.07, 6.45) is 5.47. The Bertz CT molecular complexity index is 806. The third-order valence-corrected chi connectivity index (χ3v) is 4.84. The number of benzene rings is 1. The van der Waals surface area contributed by atoms with Crippen LogP contribution in [0.25, 0.3) is 11.3 Å². The van der Waals surface area contributed by atoms with Crippen LogP contribution in [0, 0.1) is 0 Å². The van der Waals surface area contributed by atoms with Crippen molar-refractivity contribution in [1.29, 1.82) is 0 Å². The minimum Gasteiger partial charge on any atom is -0.462 e. The zero-order valence-electron chi connectivity index (χ0n) is 16.5. The summed E-state index contributed by atoms with van der Waals surface area (Å²) in [7, 11) is 0. The summed E-state index contributed by atoms with van der Waals surface area (Å²) >= 11 is 0. The first-order valence-corrected chi connectivity index (χ1v) is 9.98. The molecule has 0 saturated heterocycles. The Morgan fingerprint density at radius 1 is 0.964 bits per heavy atom. The van der Waals surface area contributed by atoms with Crippen molar-refractivity contribution < 1.29 is 23.5 Å². The van der Waals surface area contributed by atoms with Crippen molar-refractivity contribution in [3.8, 4) is 11.3 Å². The van der Waals surface area contributed by atoms with Gasteiger partial charge in [-0.1, -0.05) is 49.6 Å². The molecule has 3 rings (SSSR count). The lowest BCUT2D eigenvalue weighted by Gasteiger charge is -2.22. The minimum absolute atomic E-state index is 0.115.